The van der Waals surface area contributed by atoms with E-state index >= 15 is 0 Å². The molecule has 1 heterocycles. The fourth-order valence-electron chi connectivity index (χ4n) is 3.07. The van der Waals surface area contributed by atoms with Crippen LogP contribution in [0.2, 0.25) is 0 Å². The van der Waals surface area contributed by atoms with Crippen molar-refractivity contribution < 1.29 is 19.3 Å². The van der Waals surface area contributed by atoms with Gasteiger partial charge in [0.25, 0.3) is 0 Å². The van der Waals surface area contributed by atoms with Gasteiger partial charge in [0.2, 0.25) is 0 Å². The molecule has 0 amide bonds. The lowest BCUT2D eigenvalue weighted by Crippen LogP contribution is -2.49. The monoisotopic (exact) mass is 386 g/mol. The zero-order valence-electron chi connectivity index (χ0n) is 16.1. The molecule has 28 heavy (non-hydrogen) atoms. The fraction of sp³-hybridized carbons (Fsp3) is 0.364. The summed E-state index contributed by atoms with van der Waals surface area (Å²) in [7, 11) is 0. The Morgan fingerprint density at radius 3 is 2.64 bits per heavy atom. The van der Waals surface area contributed by atoms with Gasteiger partial charge in [0.1, 0.15) is 11.6 Å². The third kappa shape index (κ3) is 4.90. The number of aliphatic hydroxyl groups excluding tert-OH is 2. The molecule has 0 radical (unpaired) electrons. The van der Waals surface area contributed by atoms with Crippen LogP contribution < -0.4 is 10.1 Å². The van der Waals surface area contributed by atoms with Crippen LogP contribution in [0.3, 0.4) is 0 Å². The second-order valence-corrected chi connectivity index (χ2v) is 7.22. The van der Waals surface area contributed by atoms with Crippen molar-refractivity contribution in [3.63, 3.8) is 0 Å². The van der Waals surface area contributed by atoms with Gasteiger partial charge in [-0.3, -0.25) is 0 Å². The summed E-state index contributed by atoms with van der Waals surface area (Å²) in [5, 5.41) is 23.0. The average Bonchev–Trinajstić information content (AvgIpc) is 3.11. The van der Waals surface area contributed by atoms with Crippen LogP contribution in [0.15, 0.2) is 54.7 Å². The molecule has 0 aliphatic rings. The van der Waals surface area contributed by atoms with Gasteiger partial charge in [-0.15, -0.1) is 0 Å². The Morgan fingerprint density at radius 2 is 1.89 bits per heavy atom. The quantitative estimate of drug-likeness (QED) is 0.501. The largest absolute Gasteiger partial charge is 0.493 e. The number of benzene rings is 2. The second kappa shape index (κ2) is 9.19. The molecule has 6 heteroatoms. The molecular formula is C22H27FN2O3. The molecular weight excluding hydrogens is 359 g/mol. The van der Waals surface area contributed by atoms with E-state index in [1.807, 2.05) is 36.5 Å². The van der Waals surface area contributed by atoms with Crippen LogP contribution in [0.4, 0.5) is 4.39 Å². The van der Waals surface area contributed by atoms with Gasteiger partial charge in [0.05, 0.1) is 30.9 Å². The number of ether oxygens (including phenoxy) is 1. The van der Waals surface area contributed by atoms with E-state index in [9.17, 15) is 14.6 Å². The highest BCUT2D eigenvalue weighted by molar-refractivity contribution is 5.81. The number of nitrogens with one attached hydrogen (secondary N) is 1. The highest BCUT2D eigenvalue weighted by atomic mass is 19.1. The smallest absolute Gasteiger partial charge is 0.126 e. The Kier molecular flexibility index (Phi) is 6.67. The van der Waals surface area contributed by atoms with Crippen LogP contribution in [0.25, 0.3) is 10.9 Å². The summed E-state index contributed by atoms with van der Waals surface area (Å²) < 4.78 is 21.6. The van der Waals surface area contributed by atoms with Crippen molar-refractivity contribution in [2.45, 2.75) is 25.4 Å². The van der Waals surface area contributed by atoms with Crippen molar-refractivity contribution in [3.8, 4) is 5.75 Å². The van der Waals surface area contributed by atoms with Crippen LogP contribution in [0.1, 0.15) is 12.5 Å². The molecule has 0 saturated carbocycles. The third-order valence-electron chi connectivity index (χ3n) is 4.95. The van der Waals surface area contributed by atoms with Gasteiger partial charge >= 0.3 is 0 Å². The lowest BCUT2D eigenvalue weighted by atomic mass is 10.1. The van der Waals surface area contributed by atoms with Crippen molar-refractivity contribution >= 4 is 10.9 Å². The molecule has 3 aromatic rings. The number of aromatic nitrogens is 1. The summed E-state index contributed by atoms with van der Waals surface area (Å²) in [5.74, 6) is 0.535. The van der Waals surface area contributed by atoms with Crippen molar-refractivity contribution in [3.05, 3.63) is 66.1 Å². The van der Waals surface area contributed by atoms with Gasteiger partial charge in [-0.25, -0.2) is 4.39 Å². The highest BCUT2D eigenvalue weighted by Gasteiger charge is 2.20. The standard InChI is InChI=1S/C22H27FN2O3/c1-22(15-26,16-27)24-10-12-25-11-8-18-6-7-19(14-21(18)25)28-13-9-17-4-2-3-5-20(17)23/h2-8,11,14,24,26-27H,9-10,12-13,15-16H2,1H3. The molecule has 3 N–H and O–H groups in total. The van der Waals surface area contributed by atoms with E-state index in [0.29, 0.717) is 31.7 Å². The molecule has 0 saturated heterocycles. The normalized spacial score (nSPS) is 11.9. The molecule has 2 aromatic carbocycles. The minimum Gasteiger partial charge on any atom is -0.493 e. The molecule has 0 atom stereocenters. The Hall–Kier alpha value is -2.41. The van der Waals surface area contributed by atoms with E-state index in [1.54, 1.807) is 19.1 Å². The minimum absolute atomic E-state index is 0.129. The molecule has 0 aliphatic heterocycles. The van der Waals surface area contributed by atoms with E-state index in [4.69, 9.17) is 4.74 Å². The van der Waals surface area contributed by atoms with Gasteiger partial charge in [-0.2, -0.15) is 0 Å². The summed E-state index contributed by atoms with van der Waals surface area (Å²) in [4.78, 5) is 0. The number of hydrogen-bond donors (Lipinski definition) is 3. The molecule has 150 valence electrons. The molecule has 5 nitrogen and oxygen atoms in total. The van der Waals surface area contributed by atoms with Crippen molar-refractivity contribution in [1.82, 2.24) is 9.88 Å². The Labute approximate surface area is 164 Å². The van der Waals surface area contributed by atoms with Crippen LogP contribution in [-0.4, -0.2) is 46.7 Å². The molecule has 0 fully saturated rings. The van der Waals surface area contributed by atoms with E-state index < -0.39 is 5.54 Å². The number of aliphatic hydroxyl groups is 2. The van der Waals surface area contributed by atoms with Crippen LogP contribution in [0.5, 0.6) is 5.75 Å². The fourth-order valence-corrected chi connectivity index (χ4v) is 3.07. The Bertz CT molecular complexity index is 906. The zero-order valence-corrected chi connectivity index (χ0v) is 16.1. The van der Waals surface area contributed by atoms with Crippen LogP contribution in [0, 0.1) is 5.82 Å². The van der Waals surface area contributed by atoms with E-state index in [1.165, 1.54) is 6.07 Å². The van der Waals surface area contributed by atoms with E-state index in [-0.39, 0.29) is 19.0 Å². The third-order valence-corrected chi connectivity index (χ3v) is 4.95. The molecule has 0 spiro atoms. The van der Waals surface area contributed by atoms with Crippen molar-refractivity contribution in [2.75, 3.05) is 26.4 Å². The maximum absolute atomic E-state index is 13.7. The van der Waals surface area contributed by atoms with Gasteiger partial charge in [0, 0.05) is 31.8 Å². The maximum atomic E-state index is 13.7. The minimum atomic E-state index is -0.691. The predicted octanol–water partition coefficient (Wildman–Crippen LogP) is 2.73. The number of halogens is 1. The summed E-state index contributed by atoms with van der Waals surface area (Å²) in [6.07, 6.45) is 2.52. The van der Waals surface area contributed by atoms with Crippen LogP contribution >= 0.6 is 0 Å². The number of fused-ring (bicyclic) bond motifs is 1. The first-order chi connectivity index (χ1) is 13.5. The van der Waals surface area contributed by atoms with Crippen molar-refractivity contribution in [2.24, 2.45) is 0 Å². The van der Waals surface area contributed by atoms with E-state index in [0.717, 1.165) is 16.7 Å². The SMILES string of the molecule is CC(CO)(CO)NCCn1ccc2ccc(OCCc3ccccc3F)cc21. The van der Waals surface area contributed by atoms with Gasteiger partial charge < -0.3 is 24.8 Å². The topological polar surface area (TPSA) is 66.7 Å². The van der Waals surface area contributed by atoms with Gasteiger partial charge in [-0.05, 0) is 42.1 Å². The average molecular weight is 386 g/mol. The number of nitrogens with zero attached hydrogens (tertiary/aromatic N) is 1. The molecule has 3 rings (SSSR count). The van der Waals surface area contributed by atoms with Gasteiger partial charge in [-0.1, -0.05) is 18.2 Å². The predicted molar refractivity (Wildman–Crippen MR) is 108 cm³/mol. The number of rotatable bonds is 10. The highest BCUT2D eigenvalue weighted by Crippen LogP contribution is 2.22. The first-order valence-electron chi connectivity index (χ1n) is 9.46. The Balaban J connectivity index is 1.61. The van der Waals surface area contributed by atoms with Crippen LogP contribution in [-0.2, 0) is 13.0 Å². The first-order valence-corrected chi connectivity index (χ1v) is 9.46. The van der Waals surface area contributed by atoms with E-state index in [2.05, 4.69) is 9.88 Å². The molecule has 0 unspecified atom stereocenters. The summed E-state index contributed by atoms with van der Waals surface area (Å²) in [6.45, 7) is 3.23. The Morgan fingerprint density at radius 1 is 1.11 bits per heavy atom. The summed E-state index contributed by atoms with van der Waals surface area (Å²) in [6, 6.07) is 14.7. The van der Waals surface area contributed by atoms with Gasteiger partial charge in [0.15, 0.2) is 0 Å². The molecule has 0 aliphatic carbocycles. The van der Waals surface area contributed by atoms with Crippen molar-refractivity contribution in [1.29, 1.82) is 0 Å². The number of hydrogen-bond acceptors (Lipinski definition) is 4. The lowest BCUT2D eigenvalue weighted by Gasteiger charge is -2.26. The maximum Gasteiger partial charge on any atom is 0.126 e. The summed E-state index contributed by atoms with van der Waals surface area (Å²) in [5.41, 5.74) is 0.998. The lowest BCUT2D eigenvalue weighted by molar-refractivity contribution is 0.104. The summed E-state index contributed by atoms with van der Waals surface area (Å²) >= 11 is 0. The molecule has 0 bridgehead atoms. The molecule has 1 aromatic heterocycles. The zero-order chi connectivity index (χ0) is 20.0. The second-order valence-electron chi connectivity index (χ2n) is 7.22. The first kappa shape index (κ1) is 20.3.